The van der Waals surface area contributed by atoms with Crippen LogP contribution in [0.4, 0.5) is 5.69 Å². The molecule has 0 bridgehead atoms. The Bertz CT molecular complexity index is 1080. The summed E-state index contributed by atoms with van der Waals surface area (Å²) in [6.45, 7) is 2.60. The van der Waals surface area contributed by atoms with Gasteiger partial charge in [-0.25, -0.2) is 0 Å². The summed E-state index contributed by atoms with van der Waals surface area (Å²) < 4.78 is 10.7. The molecular weight excluding hydrogens is 426 g/mol. The molecule has 0 spiro atoms. The number of ether oxygens (including phenoxy) is 2. The van der Waals surface area contributed by atoms with Crippen LogP contribution in [0, 0.1) is 11.3 Å². The van der Waals surface area contributed by atoms with Gasteiger partial charge in [0.2, 0.25) is 0 Å². The van der Waals surface area contributed by atoms with Crippen molar-refractivity contribution in [3.05, 3.63) is 47.5 Å². The maximum Gasteiger partial charge on any atom is 0.262 e. The van der Waals surface area contributed by atoms with Crippen molar-refractivity contribution in [3.63, 3.8) is 0 Å². The van der Waals surface area contributed by atoms with Crippen LogP contribution in [0.3, 0.4) is 0 Å². The van der Waals surface area contributed by atoms with Gasteiger partial charge in [0.05, 0.1) is 32.5 Å². The first-order valence-corrected chi connectivity index (χ1v) is 10.9. The molecule has 9 heteroatoms. The fourth-order valence-corrected chi connectivity index (χ4v) is 4.09. The molecule has 0 aromatic heterocycles. The van der Waals surface area contributed by atoms with E-state index >= 15 is 0 Å². The van der Waals surface area contributed by atoms with Crippen molar-refractivity contribution in [2.24, 2.45) is 0 Å². The lowest BCUT2D eigenvalue weighted by atomic mass is 9.98. The summed E-state index contributed by atoms with van der Waals surface area (Å²) in [5.74, 6) is -0.678. The highest BCUT2D eigenvalue weighted by Crippen LogP contribution is 2.25. The molecule has 2 aliphatic heterocycles. The number of nitrogens with one attached hydrogen (secondary N) is 1. The Kier molecular flexibility index (Phi) is 7.23. The van der Waals surface area contributed by atoms with Crippen LogP contribution >= 0.6 is 0 Å². The van der Waals surface area contributed by atoms with Crippen molar-refractivity contribution in [3.8, 4) is 6.07 Å². The van der Waals surface area contributed by atoms with E-state index in [0.29, 0.717) is 18.8 Å². The summed E-state index contributed by atoms with van der Waals surface area (Å²) in [6, 6.07) is 12.8. The second kappa shape index (κ2) is 10.3. The molecule has 4 N–H and O–H groups in total. The molecule has 33 heavy (non-hydrogen) atoms. The molecule has 2 aromatic carbocycles. The fraction of sp³-hybridized carbons (Fsp3) is 0.417. The molecule has 0 unspecified atom stereocenters. The van der Waals surface area contributed by atoms with Crippen LogP contribution < -0.4 is 10.2 Å². The Morgan fingerprint density at radius 2 is 1.88 bits per heavy atom. The number of rotatable bonds is 5. The Balaban J connectivity index is 1.48. The number of aliphatic hydroxyl groups excluding tert-OH is 3. The number of hydrogen-bond donors (Lipinski definition) is 4. The minimum Gasteiger partial charge on any atom is -0.394 e. The molecule has 9 nitrogen and oxygen atoms in total. The molecule has 2 heterocycles. The number of anilines is 1. The third-order valence-electron chi connectivity index (χ3n) is 6.03. The summed E-state index contributed by atoms with van der Waals surface area (Å²) in [5, 5.41) is 43.4. The van der Waals surface area contributed by atoms with E-state index in [1.807, 2.05) is 30.3 Å². The van der Waals surface area contributed by atoms with Crippen LogP contribution in [0.5, 0.6) is 0 Å². The maximum atomic E-state index is 12.6. The number of nitriles is 1. The van der Waals surface area contributed by atoms with E-state index in [-0.39, 0.29) is 12.2 Å². The van der Waals surface area contributed by atoms with Gasteiger partial charge in [0.15, 0.2) is 0 Å². The van der Waals surface area contributed by atoms with Gasteiger partial charge in [-0.15, -0.1) is 0 Å². The zero-order valence-electron chi connectivity index (χ0n) is 18.1. The van der Waals surface area contributed by atoms with Gasteiger partial charge in [0.1, 0.15) is 30.0 Å². The molecule has 174 valence electrons. The van der Waals surface area contributed by atoms with Gasteiger partial charge in [0, 0.05) is 18.8 Å². The zero-order chi connectivity index (χ0) is 23.4. The highest BCUT2D eigenvalue weighted by molar-refractivity contribution is 6.02. The van der Waals surface area contributed by atoms with Crippen LogP contribution in [-0.4, -0.2) is 85.1 Å². The molecule has 4 atom stereocenters. The van der Waals surface area contributed by atoms with E-state index in [4.69, 9.17) is 14.6 Å². The molecule has 1 amide bonds. The van der Waals surface area contributed by atoms with Crippen molar-refractivity contribution < 1.29 is 29.6 Å². The molecule has 4 rings (SSSR count). The van der Waals surface area contributed by atoms with E-state index in [2.05, 4.69) is 22.3 Å². The first kappa shape index (κ1) is 23.2. The highest BCUT2D eigenvalue weighted by Gasteiger charge is 2.39. The van der Waals surface area contributed by atoms with Gasteiger partial charge in [0.25, 0.3) is 5.91 Å². The summed E-state index contributed by atoms with van der Waals surface area (Å²) in [7, 11) is 0. The van der Waals surface area contributed by atoms with Crippen LogP contribution in [0.1, 0.15) is 5.56 Å². The molecule has 2 fully saturated rings. The first-order chi connectivity index (χ1) is 16.0. The minimum absolute atomic E-state index is 0.0879. The number of benzene rings is 2. The molecule has 0 radical (unpaired) electrons. The highest BCUT2D eigenvalue weighted by atomic mass is 16.5. The van der Waals surface area contributed by atoms with Crippen LogP contribution in [0.15, 0.2) is 42.0 Å². The van der Waals surface area contributed by atoms with Gasteiger partial charge < -0.3 is 35.0 Å². The van der Waals surface area contributed by atoms with Crippen LogP contribution in [0.2, 0.25) is 0 Å². The largest absolute Gasteiger partial charge is 0.394 e. The Labute approximate surface area is 191 Å². The lowest BCUT2D eigenvalue weighted by Gasteiger charge is -2.37. The summed E-state index contributed by atoms with van der Waals surface area (Å²) in [6.07, 6.45) is -2.10. The molecule has 2 saturated heterocycles. The Morgan fingerprint density at radius 1 is 1.15 bits per heavy atom. The smallest absolute Gasteiger partial charge is 0.262 e. The first-order valence-electron chi connectivity index (χ1n) is 10.9. The third kappa shape index (κ3) is 5.16. The SMILES string of the molecule is N#C/C(=C\c1ccc2cc(N3CCOCC3)ccc2c1)C(=O)N[C@H]1CO[C@H](CO)[C@@H](O)[C@@H]1O. The number of hydrogen-bond acceptors (Lipinski definition) is 8. The lowest BCUT2D eigenvalue weighted by molar-refractivity contribution is -0.163. The molecule has 2 aromatic rings. The summed E-state index contributed by atoms with van der Waals surface area (Å²) in [4.78, 5) is 14.9. The van der Waals surface area contributed by atoms with Gasteiger partial charge in [-0.05, 0) is 40.6 Å². The second-order valence-corrected chi connectivity index (χ2v) is 8.18. The van der Waals surface area contributed by atoms with Crippen molar-refractivity contribution in [1.29, 1.82) is 5.26 Å². The number of carbonyl (C=O) groups excluding carboxylic acids is 1. The van der Waals surface area contributed by atoms with Crippen LogP contribution in [0.25, 0.3) is 16.8 Å². The van der Waals surface area contributed by atoms with E-state index in [1.165, 1.54) is 6.08 Å². The van der Waals surface area contributed by atoms with E-state index in [0.717, 1.165) is 29.5 Å². The minimum atomic E-state index is -1.34. The van der Waals surface area contributed by atoms with Crippen molar-refractivity contribution >= 4 is 28.4 Å². The van der Waals surface area contributed by atoms with Crippen LogP contribution in [-0.2, 0) is 14.3 Å². The normalized spacial score (nSPS) is 26.1. The Hall–Kier alpha value is -3.00. The number of fused-ring (bicyclic) bond motifs is 1. The number of nitrogens with zero attached hydrogens (tertiary/aromatic N) is 2. The lowest BCUT2D eigenvalue weighted by Crippen LogP contribution is -2.60. The van der Waals surface area contributed by atoms with Gasteiger partial charge in [-0.2, -0.15) is 5.26 Å². The van der Waals surface area contributed by atoms with E-state index in [9.17, 15) is 20.3 Å². The molecule has 0 aliphatic carbocycles. The maximum absolute atomic E-state index is 12.6. The summed E-state index contributed by atoms with van der Waals surface area (Å²) in [5.41, 5.74) is 1.68. The topological polar surface area (TPSA) is 135 Å². The zero-order valence-corrected chi connectivity index (χ0v) is 18.1. The van der Waals surface area contributed by atoms with Gasteiger partial charge in [-0.3, -0.25) is 4.79 Å². The second-order valence-electron chi connectivity index (χ2n) is 8.18. The van der Waals surface area contributed by atoms with Gasteiger partial charge in [-0.1, -0.05) is 18.2 Å². The average Bonchev–Trinajstić information content (AvgIpc) is 2.85. The molecule has 2 aliphatic rings. The third-order valence-corrected chi connectivity index (χ3v) is 6.03. The number of morpholine rings is 1. The standard InChI is InChI=1S/C24H27N3O6/c25-12-18(24(31)26-20-14-33-21(13-28)23(30)22(20)29)10-15-1-2-17-11-19(4-3-16(17)9-15)27-5-7-32-8-6-27/h1-4,9-11,20-23,28-30H,5-8,13-14H2,(H,26,31)/b18-10+/t20-,21+,22+,23+/m0/s1. The quantitative estimate of drug-likeness (QED) is 0.372. The van der Waals surface area contributed by atoms with Crippen molar-refractivity contribution in [2.45, 2.75) is 24.4 Å². The predicted molar refractivity (Wildman–Crippen MR) is 121 cm³/mol. The Morgan fingerprint density at radius 3 is 2.61 bits per heavy atom. The fourth-order valence-electron chi connectivity index (χ4n) is 4.09. The van der Waals surface area contributed by atoms with Crippen molar-refractivity contribution in [1.82, 2.24) is 5.32 Å². The monoisotopic (exact) mass is 453 g/mol. The van der Waals surface area contributed by atoms with E-state index < -0.39 is 36.9 Å². The number of carbonyl (C=O) groups is 1. The number of amides is 1. The predicted octanol–water partition coefficient (Wildman–Crippen LogP) is 0.181. The average molecular weight is 453 g/mol. The molecular formula is C24H27N3O6. The molecule has 0 saturated carbocycles. The van der Waals surface area contributed by atoms with E-state index in [1.54, 1.807) is 0 Å². The van der Waals surface area contributed by atoms with Gasteiger partial charge >= 0.3 is 0 Å². The number of aliphatic hydroxyl groups is 3. The summed E-state index contributed by atoms with van der Waals surface area (Å²) >= 11 is 0. The van der Waals surface area contributed by atoms with Crippen molar-refractivity contribution in [2.75, 3.05) is 44.4 Å².